The molecule has 0 rings (SSSR count). The van der Waals surface area contributed by atoms with Crippen LogP contribution in [0.2, 0.25) is 0 Å². The summed E-state index contributed by atoms with van der Waals surface area (Å²) in [6.45, 7) is 7.54. The van der Waals surface area contributed by atoms with Gasteiger partial charge < -0.3 is 15.2 Å². The van der Waals surface area contributed by atoms with Crippen LogP contribution in [0.25, 0.3) is 0 Å². The Labute approximate surface area is 101 Å². The minimum Gasteiger partial charge on any atom is -0.389 e. The fourth-order valence-corrected chi connectivity index (χ4v) is 1.82. The number of hydrogen-bond donors (Lipinski definition) is 2. The second-order valence-electron chi connectivity index (χ2n) is 4.89. The van der Waals surface area contributed by atoms with Crippen LogP contribution in [0.15, 0.2) is 0 Å². The fraction of sp³-hybridized carbons (Fsp3) is 1.00. The van der Waals surface area contributed by atoms with Crippen LogP contribution in [0.5, 0.6) is 0 Å². The lowest BCUT2D eigenvalue weighted by Crippen LogP contribution is -2.43. The highest BCUT2D eigenvalue weighted by molar-refractivity contribution is 4.78. The fourth-order valence-electron chi connectivity index (χ4n) is 1.82. The molecule has 0 aliphatic heterocycles. The first-order valence-electron chi connectivity index (χ1n) is 6.50. The van der Waals surface area contributed by atoms with E-state index in [4.69, 9.17) is 4.74 Å². The molecule has 0 aliphatic rings. The lowest BCUT2D eigenvalue weighted by Gasteiger charge is -2.27. The van der Waals surface area contributed by atoms with E-state index in [1.54, 1.807) is 7.11 Å². The summed E-state index contributed by atoms with van der Waals surface area (Å²) in [5.41, 5.74) is -0.657. The molecule has 16 heavy (non-hydrogen) atoms. The maximum Gasteiger partial charge on any atom is 0.0765 e. The second-order valence-corrected chi connectivity index (χ2v) is 4.89. The number of rotatable bonds is 10. The molecule has 1 unspecified atom stereocenters. The summed E-state index contributed by atoms with van der Waals surface area (Å²) in [5.74, 6) is 0. The first-order chi connectivity index (χ1) is 7.55. The van der Waals surface area contributed by atoms with E-state index in [1.807, 2.05) is 6.92 Å². The summed E-state index contributed by atoms with van der Waals surface area (Å²) in [6.07, 6.45) is 5.44. The molecule has 0 fully saturated rings. The molecule has 0 radical (unpaired) electrons. The summed E-state index contributed by atoms with van der Waals surface area (Å²) < 4.78 is 4.99. The van der Waals surface area contributed by atoms with E-state index in [0.717, 1.165) is 0 Å². The van der Waals surface area contributed by atoms with Gasteiger partial charge in [0.2, 0.25) is 0 Å². The molecule has 0 spiro atoms. The quantitative estimate of drug-likeness (QED) is 0.606. The van der Waals surface area contributed by atoms with Crippen LogP contribution in [0.1, 0.15) is 52.9 Å². The maximum absolute atomic E-state index is 10.1. The summed E-state index contributed by atoms with van der Waals surface area (Å²) in [4.78, 5) is 0. The van der Waals surface area contributed by atoms with Crippen LogP contribution in [-0.2, 0) is 4.74 Å². The molecule has 3 nitrogen and oxygen atoms in total. The van der Waals surface area contributed by atoms with Gasteiger partial charge in [-0.2, -0.15) is 0 Å². The molecule has 98 valence electrons. The molecule has 0 heterocycles. The van der Waals surface area contributed by atoms with Gasteiger partial charge in [-0.25, -0.2) is 0 Å². The van der Waals surface area contributed by atoms with Crippen molar-refractivity contribution in [2.45, 2.75) is 64.5 Å². The third-order valence-corrected chi connectivity index (χ3v) is 2.89. The van der Waals surface area contributed by atoms with Crippen molar-refractivity contribution >= 4 is 0 Å². The standard InChI is InChI=1S/C13H29NO2/c1-5-7-12(8-6-2)14-11-13(3,15)9-10-16-4/h12,14-15H,5-11H2,1-4H3. The maximum atomic E-state index is 10.1. The minimum atomic E-state index is -0.657. The molecule has 2 N–H and O–H groups in total. The van der Waals surface area contributed by atoms with Crippen molar-refractivity contribution in [3.63, 3.8) is 0 Å². The molecule has 0 aliphatic carbocycles. The van der Waals surface area contributed by atoms with E-state index >= 15 is 0 Å². The highest BCUT2D eigenvalue weighted by Crippen LogP contribution is 2.10. The highest BCUT2D eigenvalue weighted by atomic mass is 16.5. The molecule has 3 heteroatoms. The highest BCUT2D eigenvalue weighted by Gasteiger charge is 2.20. The predicted molar refractivity (Wildman–Crippen MR) is 68.7 cm³/mol. The minimum absolute atomic E-state index is 0.545. The SMILES string of the molecule is CCCC(CCC)NCC(C)(O)CCOC. The number of hydrogen-bond acceptors (Lipinski definition) is 3. The Morgan fingerprint density at radius 2 is 1.81 bits per heavy atom. The molecular weight excluding hydrogens is 202 g/mol. The van der Waals surface area contributed by atoms with Crippen LogP contribution >= 0.6 is 0 Å². The van der Waals surface area contributed by atoms with Gasteiger partial charge in [-0.1, -0.05) is 26.7 Å². The first kappa shape index (κ1) is 15.9. The first-order valence-corrected chi connectivity index (χ1v) is 6.50. The van der Waals surface area contributed by atoms with Crippen LogP contribution in [0.4, 0.5) is 0 Å². The van der Waals surface area contributed by atoms with Gasteiger partial charge in [-0.3, -0.25) is 0 Å². The Kier molecular flexibility index (Phi) is 8.90. The average Bonchev–Trinajstić information content (AvgIpc) is 2.24. The van der Waals surface area contributed by atoms with Gasteiger partial charge in [-0.15, -0.1) is 0 Å². The van der Waals surface area contributed by atoms with Gasteiger partial charge in [0.1, 0.15) is 0 Å². The number of nitrogens with one attached hydrogen (secondary N) is 1. The molecule has 1 atom stereocenters. The molecule has 0 aromatic carbocycles. The van der Waals surface area contributed by atoms with Gasteiger partial charge in [0.15, 0.2) is 0 Å². The van der Waals surface area contributed by atoms with Crippen LogP contribution in [0.3, 0.4) is 0 Å². The summed E-state index contributed by atoms with van der Waals surface area (Å²) in [5, 5.41) is 13.6. The van der Waals surface area contributed by atoms with Gasteiger partial charge in [0.25, 0.3) is 0 Å². The molecular formula is C13H29NO2. The van der Waals surface area contributed by atoms with E-state index in [2.05, 4.69) is 19.2 Å². The van der Waals surface area contributed by atoms with Crippen molar-refractivity contribution in [3.05, 3.63) is 0 Å². The topological polar surface area (TPSA) is 41.5 Å². The summed E-state index contributed by atoms with van der Waals surface area (Å²) >= 11 is 0. The average molecular weight is 231 g/mol. The summed E-state index contributed by atoms with van der Waals surface area (Å²) in [6, 6.07) is 0.545. The van der Waals surface area contributed by atoms with Crippen LogP contribution in [-0.4, -0.2) is 37.0 Å². The second kappa shape index (κ2) is 8.97. The lowest BCUT2D eigenvalue weighted by molar-refractivity contribution is 0.0222. The van der Waals surface area contributed by atoms with Crippen LogP contribution < -0.4 is 5.32 Å². The smallest absolute Gasteiger partial charge is 0.0765 e. The number of ether oxygens (including phenoxy) is 1. The Morgan fingerprint density at radius 1 is 1.25 bits per heavy atom. The van der Waals surface area contributed by atoms with Crippen LogP contribution in [0, 0.1) is 0 Å². The molecule has 0 saturated heterocycles. The zero-order valence-corrected chi connectivity index (χ0v) is 11.4. The molecule has 0 amide bonds. The monoisotopic (exact) mass is 231 g/mol. The Bertz CT molecular complexity index is 154. The predicted octanol–water partition coefficient (Wildman–Crippen LogP) is 2.33. The van der Waals surface area contributed by atoms with Gasteiger partial charge >= 0.3 is 0 Å². The molecule has 0 bridgehead atoms. The molecule has 0 aromatic rings. The van der Waals surface area contributed by atoms with Crippen molar-refractivity contribution in [1.29, 1.82) is 0 Å². The van der Waals surface area contributed by atoms with Crippen molar-refractivity contribution in [2.75, 3.05) is 20.3 Å². The van der Waals surface area contributed by atoms with E-state index in [9.17, 15) is 5.11 Å². The summed E-state index contributed by atoms with van der Waals surface area (Å²) in [7, 11) is 1.67. The molecule has 0 aromatic heterocycles. The zero-order chi connectivity index (χ0) is 12.4. The van der Waals surface area contributed by atoms with E-state index in [0.29, 0.717) is 25.6 Å². The third kappa shape index (κ3) is 8.08. The lowest BCUT2D eigenvalue weighted by atomic mass is 10.0. The largest absolute Gasteiger partial charge is 0.389 e. The van der Waals surface area contributed by atoms with E-state index in [1.165, 1.54) is 25.7 Å². The van der Waals surface area contributed by atoms with E-state index in [-0.39, 0.29) is 0 Å². The van der Waals surface area contributed by atoms with Gasteiger partial charge in [0.05, 0.1) is 5.60 Å². The normalized spacial score (nSPS) is 15.4. The third-order valence-electron chi connectivity index (χ3n) is 2.89. The van der Waals surface area contributed by atoms with Crippen molar-refractivity contribution in [2.24, 2.45) is 0 Å². The van der Waals surface area contributed by atoms with Crippen molar-refractivity contribution < 1.29 is 9.84 Å². The number of methoxy groups -OCH3 is 1. The van der Waals surface area contributed by atoms with Gasteiger partial charge in [0, 0.05) is 32.7 Å². The number of aliphatic hydroxyl groups is 1. The zero-order valence-electron chi connectivity index (χ0n) is 11.4. The van der Waals surface area contributed by atoms with Crippen molar-refractivity contribution in [1.82, 2.24) is 5.32 Å². The van der Waals surface area contributed by atoms with Crippen molar-refractivity contribution in [3.8, 4) is 0 Å². The molecule has 0 saturated carbocycles. The Balaban J connectivity index is 3.87. The van der Waals surface area contributed by atoms with E-state index < -0.39 is 5.60 Å². The van der Waals surface area contributed by atoms with Gasteiger partial charge in [-0.05, 0) is 19.8 Å². The Morgan fingerprint density at radius 3 is 2.25 bits per heavy atom. The Hall–Kier alpha value is -0.120.